The number of aryl methyl sites for hydroxylation is 1. The van der Waals surface area contributed by atoms with Crippen LogP contribution in [0.25, 0.3) is 17.3 Å². The van der Waals surface area contributed by atoms with Gasteiger partial charge in [0, 0.05) is 11.3 Å². The summed E-state index contributed by atoms with van der Waals surface area (Å²) in [5.41, 5.74) is 3.00. The molecular weight excluding hydrogens is 201 g/mol. The summed E-state index contributed by atoms with van der Waals surface area (Å²) in [6, 6.07) is 10.6. The van der Waals surface area contributed by atoms with E-state index in [1.807, 2.05) is 31.2 Å². The highest BCUT2D eigenvalue weighted by Gasteiger charge is 2.06. The molecule has 2 rings (SSSR count). The Bertz CT molecular complexity index is 515. The van der Waals surface area contributed by atoms with Crippen LogP contribution in [0.15, 0.2) is 43.0 Å². The second-order valence-corrected chi connectivity index (χ2v) is 3.61. The summed E-state index contributed by atoms with van der Waals surface area (Å²) in [5, 5.41) is 0. The topological polar surface area (TPSA) is 12.9 Å². The highest BCUT2D eigenvalue weighted by atomic mass is 19.1. The molecule has 0 unspecified atom stereocenters. The molecule has 1 nitrogen and oxygen atoms in total. The number of rotatable bonds is 2. The first-order valence-corrected chi connectivity index (χ1v) is 5.07. The van der Waals surface area contributed by atoms with E-state index in [1.165, 1.54) is 6.07 Å². The maximum atomic E-state index is 13.6. The molecule has 0 radical (unpaired) electrons. The van der Waals surface area contributed by atoms with Crippen LogP contribution in [0.4, 0.5) is 4.39 Å². The SMILES string of the molecule is C=Cc1ccc(-c2nc(C)ccc2F)cc1. The van der Waals surface area contributed by atoms with Gasteiger partial charge in [-0.05, 0) is 24.6 Å². The van der Waals surface area contributed by atoms with E-state index >= 15 is 0 Å². The van der Waals surface area contributed by atoms with Crippen molar-refractivity contribution in [3.63, 3.8) is 0 Å². The molecular formula is C14H12FN. The van der Waals surface area contributed by atoms with E-state index in [2.05, 4.69) is 11.6 Å². The Kier molecular flexibility index (Phi) is 2.82. The summed E-state index contributed by atoms with van der Waals surface area (Å²) in [5.74, 6) is -0.294. The van der Waals surface area contributed by atoms with Crippen LogP contribution in [0, 0.1) is 12.7 Å². The maximum absolute atomic E-state index is 13.6. The maximum Gasteiger partial charge on any atom is 0.149 e. The number of pyridine rings is 1. The quantitative estimate of drug-likeness (QED) is 0.738. The molecule has 0 saturated heterocycles. The summed E-state index contributed by atoms with van der Waals surface area (Å²) in [4.78, 5) is 4.20. The minimum absolute atomic E-state index is 0.294. The van der Waals surface area contributed by atoms with Crippen LogP contribution < -0.4 is 0 Å². The molecule has 1 aromatic carbocycles. The Morgan fingerprint density at radius 1 is 1.12 bits per heavy atom. The van der Waals surface area contributed by atoms with E-state index in [-0.39, 0.29) is 5.82 Å². The van der Waals surface area contributed by atoms with Gasteiger partial charge in [0.2, 0.25) is 0 Å². The third kappa shape index (κ3) is 2.01. The van der Waals surface area contributed by atoms with E-state index < -0.39 is 0 Å². The monoisotopic (exact) mass is 213 g/mol. The van der Waals surface area contributed by atoms with Crippen molar-refractivity contribution in [2.75, 3.05) is 0 Å². The highest BCUT2D eigenvalue weighted by molar-refractivity contribution is 5.62. The first kappa shape index (κ1) is 10.6. The Balaban J connectivity index is 2.49. The van der Waals surface area contributed by atoms with Gasteiger partial charge in [0.05, 0.1) is 0 Å². The lowest BCUT2D eigenvalue weighted by Crippen LogP contribution is -1.91. The third-order valence-corrected chi connectivity index (χ3v) is 2.41. The van der Waals surface area contributed by atoms with Gasteiger partial charge < -0.3 is 0 Å². The van der Waals surface area contributed by atoms with E-state index in [9.17, 15) is 4.39 Å². The van der Waals surface area contributed by atoms with Crippen molar-refractivity contribution in [1.29, 1.82) is 0 Å². The molecule has 16 heavy (non-hydrogen) atoms. The lowest BCUT2D eigenvalue weighted by Gasteiger charge is -2.04. The van der Waals surface area contributed by atoms with Gasteiger partial charge >= 0.3 is 0 Å². The summed E-state index contributed by atoms with van der Waals surface area (Å²) in [7, 11) is 0. The van der Waals surface area contributed by atoms with Gasteiger partial charge in [0.15, 0.2) is 0 Å². The lowest BCUT2D eigenvalue weighted by molar-refractivity contribution is 0.624. The summed E-state index contributed by atoms with van der Waals surface area (Å²) < 4.78 is 13.6. The van der Waals surface area contributed by atoms with E-state index in [0.717, 1.165) is 16.8 Å². The van der Waals surface area contributed by atoms with Crippen LogP contribution in [0.3, 0.4) is 0 Å². The standard InChI is InChI=1S/C14H12FN/c1-3-11-5-7-12(8-6-11)14-13(15)9-4-10(2)16-14/h3-9H,1H2,2H3. The second-order valence-electron chi connectivity index (χ2n) is 3.61. The van der Waals surface area contributed by atoms with Gasteiger partial charge in [0.25, 0.3) is 0 Å². The average molecular weight is 213 g/mol. The number of nitrogens with zero attached hydrogens (tertiary/aromatic N) is 1. The van der Waals surface area contributed by atoms with Crippen molar-refractivity contribution in [1.82, 2.24) is 4.98 Å². The van der Waals surface area contributed by atoms with Crippen molar-refractivity contribution in [3.05, 3.63) is 60.1 Å². The fraction of sp³-hybridized carbons (Fsp3) is 0.0714. The van der Waals surface area contributed by atoms with Gasteiger partial charge in [-0.2, -0.15) is 0 Å². The molecule has 0 amide bonds. The van der Waals surface area contributed by atoms with Gasteiger partial charge in [-0.15, -0.1) is 0 Å². The molecule has 0 saturated carbocycles. The van der Waals surface area contributed by atoms with Crippen LogP contribution in [-0.4, -0.2) is 4.98 Å². The van der Waals surface area contributed by atoms with Gasteiger partial charge in [-0.3, -0.25) is 4.98 Å². The van der Waals surface area contributed by atoms with Crippen LogP contribution in [0.2, 0.25) is 0 Å². The van der Waals surface area contributed by atoms with Crippen LogP contribution in [0.5, 0.6) is 0 Å². The zero-order chi connectivity index (χ0) is 11.5. The number of halogens is 1. The van der Waals surface area contributed by atoms with Crippen LogP contribution >= 0.6 is 0 Å². The summed E-state index contributed by atoms with van der Waals surface area (Å²) >= 11 is 0. The Morgan fingerprint density at radius 2 is 1.81 bits per heavy atom. The molecule has 1 heterocycles. The largest absolute Gasteiger partial charge is 0.250 e. The van der Waals surface area contributed by atoms with Crippen molar-refractivity contribution < 1.29 is 4.39 Å². The number of hydrogen-bond acceptors (Lipinski definition) is 1. The van der Waals surface area contributed by atoms with Gasteiger partial charge in [0.1, 0.15) is 11.5 Å². The van der Waals surface area contributed by atoms with E-state index in [4.69, 9.17) is 0 Å². The first-order chi connectivity index (χ1) is 7.70. The minimum Gasteiger partial charge on any atom is -0.250 e. The third-order valence-electron chi connectivity index (χ3n) is 2.41. The summed E-state index contributed by atoms with van der Waals surface area (Å²) in [6.45, 7) is 5.52. The molecule has 0 spiro atoms. The lowest BCUT2D eigenvalue weighted by atomic mass is 10.1. The molecule has 0 aliphatic rings. The second kappa shape index (κ2) is 4.27. The van der Waals surface area contributed by atoms with Crippen molar-refractivity contribution in [3.8, 4) is 11.3 Å². The minimum atomic E-state index is -0.294. The molecule has 2 heteroatoms. The fourth-order valence-electron chi connectivity index (χ4n) is 1.52. The smallest absolute Gasteiger partial charge is 0.149 e. The molecule has 0 atom stereocenters. The summed E-state index contributed by atoms with van der Waals surface area (Å²) in [6.07, 6.45) is 1.75. The molecule has 80 valence electrons. The Labute approximate surface area is 94.3 Å². The fourth-order valence-corrected chi connectivity index (χ4v) is 1.52. The number of aromatic nitrogens is 1. The van der Waals surface area contributed by atoms with Gasteiger partial charge in [-0.25, -0.2) is 4.39 Å². The molecule has 0 N–H and O–H groups in total. The molecule has 0 aliphatic heterocycles. The number of hydrogen-bond donors (Lipinski definition) is 0. The molecule has 0 bridgehead atoms. The molecule has 2 aromatic rings. The molecule has 0 fully saturated rings. The predicted molar refractivity (Wildman–Crippen MR) is 64.5 cm³/mol. The number of benzene rings is 1. The van der Waals surface area contributed by atoms with Gasteiger partial charge in [-0.1, -0.05) is 36.9 Å². The molecule has 0 aliphatic carbocycles. The Morgan fingerprint density at radius 3 is 2.44 bits per heavy atom. The van der Waals surface area contributed by atoms with Crippen molar-refractivity contribution >= 4 is 6.08 Å². The first-order valence-electron chi connectivity index (χ1n) is 5.07. The van der Waals surface area contributed by atoms with E-state index in [1.54, 1.807) is 12.1 Å². The normalized spacial score (nSPS) is 10.1. The van der Waals surface area contributed by atoms with Crippen LogP contribution in [-0.2, 0) is 0 Å². The molecule has 1 aromatic heterocycles. The van der Waals surface area contributed by atoms with E-state index in [0.29, 0.717) is 5.69 Å². The Hall–Kier alpha value is -1.96. The van der Waals surface area contributed by atoms with Crippen molar-refractivity contribution in [2.24, 2.45) is 0 Å². The zero-order valence-corrected chi connectivity index (χ0v) is 9.07. The van der Waals surface area contributed by atoms with Crippen molar-refractivity contribution in [2.45, 2.75) is 6.92 Å². The average Bonchev–Trinajstić information content (AvgIpc) is 2.32. The van der Waals surface area contributed by atoms with Crippen LogP contribution in [0.1, 0.15) is 11.3 Å². The highest BCUT2D eigenvalue weighted by Crippen LogP contribution is 2.21. The zero-order valence-electron chi connectivity index (χ0n) is 9.07. The predicted octanol–water partition coefficient (Wildman–Crippen LogP) is 3.84.